The van der Waals surface area contributed by atoms with Crippen LogP contribution in [0.15, 0.2) is 11.1 Å². The molecular weight excluding hydrogens is 144 g/mol. The van der Waals surface area contributed by atoms with E-state index >= 15 is 0 Å². The van der Waals surface area contributed by atoms with Crippen LogP contribution >= 0.6 is 0 Å². The van der Waals surface area contributed by atoms with Crippen LogP contribution in [-0.2, 0) is 0 Å². The molecular formula is C12H18. The summed E-state index contributed by atoms with van der Waals surface area (Å²) in [7, 11) is 0. The maximum Gasteiger partial charge on any atom is -0.0200 e. The van der Waals surface area contributed by atoms with Gasteiger partial charge in [0.2, 0.25) is 0 Å². The van der Waals surface area contributed by atoms with Gasteiger partial charge in [-0.1, -0.05) is 11.1 Å². The molecule has 0 aliphatic heterocycles. The molecule has 12 heavy (non-hydrogen) atoms. The smallest absolute Gasteiger partial charge is 0.0200 e. The first-order valence-corrected chi connectivity index (χ1v) is 5.67. The van der Waals surface area contributed by atoms with Crippen molar-refractivity contribution in [2.24, 2.45) is 11.8 Å². The number of hydrogen-bond donors (Lipinski definition) is 0. The summed E-state index contributed by atoms with van der Waals surface area (Å²) in [5.74, 6) is 2.09. The van der Waals surface area contributed by atoms with Crippen LogP contribution < -0.4 is 0 Å². The van der Waals surface area contributed by atoms with Crippen molar-refractivity contribution in [3.05, 3.63) is 11.1 Å². The Bertz CT molecular complexity index is 200. The zero-order valence-corrected chi connectivity index (χ0v) is 7.81. The molecule has 0 saturated heterocycles. The van der Waals surface area contributed by atoms with E-state index in [1.165, 1.54) is 51.4 Å². The first-order chi connectivity index (χ1) is 5.95. The minimum atomic E-state index is 1.05. The first kappa shape index (κ1) is 7.17. The van der Waals surface area contributed by atoms with E-state index in [9.17, 15) is 0 Å². The summed E-state index contributed by atoms with van der Waals surface area (Å²) in [6, 6.07) is 0. The topological polar surface area (TPSA) is 0 Å². The standard InChI is InChI=1S/C12H18/c1-3-9-7-8-10-4-2-6-12(9)11(10)5-1/h9-10H,1-8H2/t9-,10+. The molecule has 3 aliphatic rings. The third-order valence-electron chi connectivity index (χ3n) is 4.26. The molecule has 0 heterocycles. The Morgan fingerprint density at radius 1 is 0.667 bits per heavy atom. The lowest BCUT2D eigenvalue weighted by atomic mass is 9.64. The van der Waals surface area contributed by atoms with E-state index in [0.29, 0.717) is 0 Å². The van der Waals surface area contributed by atoms with E-state index in [1.807, 2.05) is 11.1 Å². The molecule has 0 unspecified atom stereocenters. The van der Waals surface area contributed by atoms with Crippen molar-refractivity contribution in [3.8, 4) is 0 Å². The van der Waals surface area contributed by atoms with Crippen molar-refractivity contribution < 1.29 is 0 Å². The third kappa shape index (κ3) is 0.901. The van der Waals surface area contributed by atoms with Crippen LogP contribution in [0.4, 0.5) is 0 Å². The predicted octanol–water partition coefficient (Wildman–Crippen LogP) is 3.68. The Balaban J connectivity index is 2.03. The second-order valence-corrected chi connectivity index (χ2v) is 4.81. The van der Waals surface area contributed by atoms with E-state index in [0.717, 1.165) is 11.8 Å². The largest absolute Gasteiger partial charge is 0.0676 e. The molecule has 4 bridgehead atoms. The van der Waals surface area contributed by atoms with Gasteiger partial charge >= 0.3 is 0 Å². The fraction of sp³-hybridized carbons (Fsp3) is 0.833. The van der Waals surface area contributed by atoms with Crippen molar-refractivity contribution in [1.29, 1.82) is 0 Å². The van der Waals surface area contributed by atoms with Gasteiger partial charge in [-0.2, -0.15) is 0 Å². The highest BCUT2D eigenvalue weighted by Crippen LogP contribution is 2.49. The van der Waals surface area contributed by atoms with Crippen LogP contribution in [0.3, 0.4) is 0 Å². The minimum Gasteiger partial charge on any atom is -0.0676 e. The summed E-state index contributed by atoms with van der Waals surface area (Å²) in [4.78, 5) is 0. The van der Waals surface area contributed by atoms with Crippen LogP contribution in [0, 0.1) is 11.8 Å². The lowest BCUT2D eigenvalue weighted by molar-refractivity contribution is 0.295. The molecule has 0 aromatic carbocycles. The van der Waals surface area contributed by atoms with Crippen molar-refractivity contribution in [2.75, 3.05) is 0 Å². The van der Waals surface area contributed by atoms with E-state index in [2.05, 4.69) is 0 Å². The lowest BCUT2D eigenvalue weighted by Gasteiger charge is -2.41. The molecule has 0 fully saturated rings. The molecule has 3 aliphatic carbocycles. The zero-order valence-electron chi connectivity index (χ0n) is 7.81. The van der Waals surface area contributed by atoms with Gasteiger partial charge < -0.3 is 0 Å². The van der Waals surface area contributed by atoms with Crippen molar-refractivity contribution >= 4 is 0 Å². The van der Waals surface area contributed by atoms with Gasteiger partial charge in [0.25, 0.3) is 0 Å². The monoisotopic (exact) mass is 162 g/mol. The van der Waals surface area contributed by atoms with Crippen LogP contribution in [0.2, 0.25) is 0 Å². The molecule has 0 spiro atoms. The van der Waals surface area contributed by atoms with Crippen LogP contribution in [0.5, 0.6) is 0 Å². The first-order valence-electron chi connectivity index (χ1n) is 5.67. The summed E-state index contributed by atoms with van der Waals surface area (Å²) >= 11 is 0. The lowest BCUT2D eigenvalue weighted by Crippen LogP contribution is -2.26. The molecule has 0 aromatic rings. The Labute approximate surface area is 75.0 Å². The van der Waals surface area contributed by atoms with Gasteiger partial charge in [0.05, 0.1) is 0 Å². The normalized spacial score (nSPS) is 40.0. The molecule has 0 N–H and O–H groups in total. The Morgan fingerprint density at radius 3 is 1.67 bits per heavy atom. The molecule has 0 amide bonds. The average molecular weight is 162 g/mol. The van der Waals surface area contributed by atoms with Gasteiger partial charge in [-0.3, -0.25) is 0 Å². The van der Waals surface area contributed by atoms with Gasteiger partial charge in [-0.05, 0) is 63.2 Å². The highest BCUT2D eigenvalue weighted by atomic mass is 14.4. The summed E-state index contributed by atoms with van der Waals surface area (Å²) in [6.45, 7) is 0. The van der Waals surface area contributed by atoms with Crippen LogP contribution in [0.25, 0.3) is 0 Å². The Kier molecular flexibility index (Phi) is 1.56. The van der Waals surface area contributed by atoms with E-state index in [-0.39, 0.29) is 0 Å². The highest BCUT2D eigenvalue weighted by molar-refractivity contribution is 5.27. The quantitative estimate of drug-likeness (QED) is 0.477. The number of allylic oxidation sites excluding steroid dienone is 2. The molecule has 2 atom stereocenters. The second kappa shape index (κ2) is 2.61. The molecule has 0 heteroatoms. The zero-order chi connectivity index (χ0) is 7.97. The van der Waals surface area contributed by atoms with Crippen LogP contribution in [0.1, 0.15) is 51.4 Å². The summed E-state index contributed by atoms with van der Waals surface area (Å²) in [5.41, 5.74) is 3.87. The van der Waals surface area contributed by atoms with Crippen LogP contribution in [-0.4, -0.2) is 0 Å². The van der Waals surface area contributed by atoms with Gasteiger partial charge in [0.15, 0.2) is 0 Å². The van der Waals surface area contributed by atoms with E-state index in [1.54, 1.807) is 0 Å². The number of rotatable bonds is 0. The summed E-state index contributed by atoms with van der Waals surface area (Å²) in [6.07, 6.45) is 12.0. The van der Waals surface area contributed by atoms with Gasteiger partial charge in [-0.15, -0.1) is 0 Å². The average Bonchev–Trinajstić information content (AvgIpc) is 2.07. The van der Waals surface area contributed by atoms with Crippen molar-refractivity contribution in [3.63, 3.8) is 0 Å². The molecule has 66 valence electrons. The molecule has 0 nitrogen and oxygen atoms in total. The van der Waals surface area contributed by atoms with Gasteiger partial charge in [0, 0.05) is 0 Å². The maximum atomic E-state index is 1.93. The maximum absolute atomic E-state index is 1.93. The van der Waals surface area contributed by atoms with E-state index < -0.39 is 0 Å². The highest BCUT2D eigenvalue weighted by Gasteiger charge is 2.34. The molecule has 0 radical (unpaired) electrons. The van der Waals surface area contributed by atoms with Gasteiger partial charge in [0.1, 0.15) is 0 Å². The summed E-state index contributed by atoms with van der Waals surface area (Å²) < 4.78 is 0. The fourth-order valence-corrected chi connectivity index (χ4v) is 3.72. The summed E-state index contributed by atoms with van der Waals surface area (Å²) in [5, 5.41) is 0. The third-order valence-corrected chi connectivity index (χ3v) is 4.26. The van der Waals surface area contributed by atoms with Gasteiger partial charge in [-0.25, -0.2) is 0 Å². The van der Waals surface area contributed by atoms with Crippen molar-refractivity contribution in [1.82, 2.24) is 0 Å². The predicted molar refractivity (Wildman–Crippen MR) is 50.9 cm³/mol. The van der Waals surface area contributed by atoms with Crippen molar-refractivity contribution in [2.45, 2.75) is 51.4 Å². The molecule has 0 saturated carbocycles. The second-order valence-electron chi connectivity index (χ2n) is 4.81. The fourth-order valence-electron chi connectivity index (χ4n) is 3.72. The minimum absolute atomic E-state index is 1.05. The van der Waals surface area contributed by atoms with E-state index in [4.69, 9.17) is 0 Å². The Hall–Kier alpha value is -0.260. The SMILES string of the molecule is C1CC2=C3CCC[C@H]2CC[C@H]3C1. The molecule has 3 rings (SSSR count). The number of hydrogen-bond acceptors (Lipinski definition) is 0. The Morgan fingerprint density at radius 2 is 1.17 bits per heavy atom. The molecule has 0 aromatic heterocycles.